The minimum Gasteiger partial charge on any atom is -0.369 e. The molecule has 1 amide bonds. The smallest absolute Gasteiger partial charge is 0.270 e. The van der Waals surface area contributed by atoms with Gasteiger partial charge in [0.2, 0.25) is 5.91 Å². The first-order chi connectivity index (χ1) is 7.30. The maximum Gasteiger partial charge on any atom is 0.270 e. The normalized spacial score (nSPS) is 13.5. The van der Waals surface area contributed by atoms with Crippen molar-refractivity contribution in [1.82, 2.24) is 0 Å². The van der Waals surface area contributed by atoms with E-state index in [0.29, 0.717) is 6.42 Å². The largest absolute Gasteiger partial charge is 0.369 e. The van der Waals surface area contributed by atoms with Crippen LogP contribution in [0.15, 0.2) is 24.3 Å². The molecular weight excluding hydrogens is 212 g/mol. The highest BCUT2D eigenvalue weighted by molar-refractivity contribution is 5.76. The summed E-state index contributed by atoms with van der Waals surface area (Å²) in [6.45, 7) is 2.57. The van der Waals surface area contributed by atoms with Gasteiger partial charge in [0.25, 0.3) is 5.92 Å². The average molecular weight is 227 g/mol. The molecule has 1 unspecified atom stereocenters. The number of amides is 1. The lowest BCUT2D eigenvalue weighted by atomic mass is 9.99. The summed E-state index contributed by atoms with van der Waals surface area (Å²) in [4.78, 5) is 10.8. The van der Waals surface area contributed by atoms with Gasteiger partial charge >= 0.3 is 0 Å². The summed E-state index contributed by atoms with van der Waals surface area (Å²) in [6, 6.07) is 5.96. The van der Waals surface area contributed by atoms with Crippen LogP contribution in [0.1, 0.15) is 25.0 Å². The van der Waals surface area contributed by atoms with Gasteiger partial charge in [0.15, 0.2) is 0 Å². The molecule has 0 fully saturated rings. The summed E-state index contributed by atoms with van der Waals surface area (Å²) >= 11 is 0. The predicted molar refractivity (Wildman–Crippen MR) is 58.1 cm³/mol. The van der Waals surface area contributed by atoms with Gasteiger partial charge in [-0.05, 0) is 12.0 Å². The van der Waals surface area contributed by atoms with E-state index in [0.717, 1.165) is 12.5 Å². The van der Waals surface area contributed by atoms with Crippen molar-refractivity contribution < 1.29 is 13.6 Å². The van der Waals surface area contributed by atoms with E-state index in [1.165, 1.54) is 12.1 Å². The van der Waals surface area contributed by atoms with Crippen LogP contribution in [0, 0.1) is 5.92 Å². The van der Waals surface area contributed by atoms with E-state index in [9.17, 15) is 13.6 Å². The van der Waals surface area contributed by atoms with Gasteiger partial charge in [0.1, 0.15) is 0 Å². The number of hydrogen-bond donors (Lipinski definition) is 1. The van der Waals surface area contributed by atoms with E-state index in [-0.39, 0.29) is 17.4 Å². The fourth-order valence-corrected chi connectivity index (χ4v) is 1.39. The second kappa shape index (κ2) is 4.60. The lowest BCUT2D eigenvalue weighted by Gasteiger charge is -2.12. The first-order valence-electron chi connectivity index (χ1n) is 5.07. The van der Waals surface area contributed by atoms with Crippen LogP contribution in [0.4, 0.5) is 8.78 Å². The molecule has 88 valence electrons. The molecule has 0 radical (unpaired) electrons. The minimum absolute atomic E-state index is 0.0250. The van der Waals surface area contributed by atoms with E-state index in [1.807, 2.05) is 0 Å². The van der Waals surface area contributed by atoms with Crippen LogP contribution >= 0.6 is 0 Å². The Hall–Kier alpha value is -1.45. The number of carbonyl (C=O) groups is 1. The highest BCUT2D eigenvalue weighted by atomic mass is 19.3. The summed E-state index contributed by atoms with van der Waals surface area (Å²) in [5.41, 5.74) is 5.93. The lowest BCUT2D eigenvalue weighted by molar-refractivity contribution is -0.121. The molecule has 0 saturated heterocycles. The third-order valence-corrected chi connectivity index (χ3v) is 2.49. The molecule has 0 aliphatic rings. The van der Waals surface area contributed by atoms with E-state index < -0.39 is 5.92 Å². The molecule has 16 heavy (non-hydrogen) atoms. The molecule has 0 saturated carbocycles. The fraction of sp³-hybridized carbons (Fsp3) is 0.417. The summed E-state index contributed by atoms with van der Waals surface area (Å²) in [5.74, 6) is -3.49. The number of nitrogens with two attached hydrogens (primary N) is 1. The van der Waals surface area contributed by atoms with Crippen LogP contribution < -0.4 is 5.73 Å². The topological polar surface area (TPSA) is 43.1 Å². The number of primary amides is 1. The highest BCUT2D eigenvalue weighted by Crippen LogP contribution is 2.27. The van der Waals surface area contributed by atoms with Crippen molar-refractivity contribution in [2.24, 2.45) is 11.7 Å². The molecule has 2 nitrogen and oxygen atoms in total. The van der Waals surface area contributed by atoms with Crippen molar-refractivity contribution in [3.05, 3.63) is 35.4 Å². The minimum atomic E-state index is -2.83. The van der Waals surface area contributed by atoms with Crippen molar-refractivity contribution in [2.75, 3.05) is 0 Å². The fourth-order valence-electron chi connectivity index (χ4n) is 1.39. The molecule has 0 aliphatic heterocycles. The monoisotopic (exact) mass is 227 g/mol. The van der Waals surface area contributed by atoms with Crippen molar-refractivity contribution in [3.8, 4) is 0 Å². The molecular formula is C12H15F2NO. The quantitative estimate of drug-likeness (QED) is 0.843. The first kappa shape index (κ1) is 12.6. The van der Waals surface area contributed by atoms with E-state index in [2.05, 4.69) is 0 Å². The second-order valence-corrected chi connectivity index (χ2v) is 4.09. The van der Waals surface area contributed by atoms with Gasteiger partial charge in [-0.25, -0.2) is 8.78 Å². The van der Waals surface area contributed by atoms with Gasteiger partial charge in [-0.15, -0.1) is 0 Å². The predicted octanol–water partition coefficient (Wildman–Crippen LogP) is 2.46. The third-order valence-electron chi connectivity index (χ3n) is 2.49. The SMILES string of the molecule is CC(Cc1ccc(C(C)(F)F)cc1)C(N)=O. The van der Waals surface area contributed by atoms with Crippen LogP contribution in [0.25, 0.3) is 0 Å². The third kappa shape index (κ3) is 3.29. The molecule has 1 atom stereocenters. The number of hydrogen-bond acceptors (Lipinski definition) is 1. The molecule has 2 N–H and O–H groups in total. The van der Waals surface area contributed by atoms with Crippen molar-refractivity contribution >= 4 is 5.91 Å². The summed E-state index contributed by atoms with van der Waals surface area (Å²) < 4.78 is 25.8. The Morgan fingerprint density at radius 1 is 1.38 bits per heavy atom. The number of carbonyl (C=O) groups excluding carboxylic acids is 1. The zero-order valence-corrected chi connectivity index (χ0v) is 9.34. The van der Waals surface area contributed by atoms with E-state index in [1.54, 1.807) is 19.1 Å². The lowest BCUT2D eigenvalue weighted by Crippen LogP contribution is -2.22. The highest BCUT2D eigenvalue weighted by Gasteiger charge is 2.23. The summed E-state index contributed by atoms with van der Waals surface area (Å²) in [7, 11) is 0. The molecule has 0 spiro atoms. The first-order valence-corrected chi connectivity index (χ1v) is 5.07. The van der Waals surface area contributed by atoms with Crippen LogP contribution in [0.3, 0.4) is 0 Å². The Kier molecular flexibility index (Phi) is 3.62. The molecule has 0 bridgehead atoms. The van der Waals surface area contributed by atoms with Gasteiger partial charge < -0.3 is 5.73 Å². The Morgan fingerprint density at radius 2 is 1.88 bits per heavy atom. The Morgan fingerprint density at radius 3 is 2.25 bits per heavy atom. The number of rotatable bonds is 4. The second-order valence-electron chi connectivity index (χ2n) is 4.09. The van der Waals surface area contributed by atoms with Crippen LogP contribution in [0.2, 0.25) is 0 Å². The van der Waals surface area contributed by atoms with Gasteiger partial charge in [0.05, 0.1) is 0 Å². The van der Waals surface area contributed by atoms with Gasteiger partial charge in [0, 0.05) is 18.4 Å². The Balaban J connectivity index is 2.76. The Labute approximate surface area is 93.5 Å². The molecule has 0 heterocycles. The van der Waals surface area contributed by atoms with E-state index in [4.69, 9.17) is 5.73 Å². The number of alkyl halides is 2. The maximum atomic E-state index is 12.9. The van der Waals surface area contributed by atoms with Gasteiger partial charge in [-0.2, -0.15) is 0 Å². The number of halogens is 2. The summed E-state index contributed by atoms with van der Waals surface area (Å²) in [5, 5.41) is 0. The summed E-state index contributed by atoms with van der Waals surface area (Å²) in [6.07, 6.45) is 0.477. The number of benzene rings is 1. The zero-order chi connectivity index (χ0) is 12.3. The van der Waals surface area contributed by atoms with Crippen LogP contribution in [0.5, 0.6) is 0 Å². The van der Waals surface area contributed by atoms with Crippen LogP contribution in [-0.2, 0) is 17.1 Å². The molecule has 1 aromatic carbocycles. The van der Waals surface area contributed by atoms with E-state index >= 15 is 0 Å². The zero-order valence-electron chi connectivity index (χ0n) is 9.34. The average Bonchev–Trinajstić information content (AvgIpc) is 2.17. The van der Waals surface area contributed by atoms with Gasteiger partial charge in [-0.3, -0.25) is 4.79 Å². The molecule has 1 aromatic rings. The standard InChI is InChI=1S/C12H15F2NO/c1-8(11(15)16)7-9-3-5-10(6-4-9)12(2,13)14/h3-6,8H,7H2,1-2H3,(H2,15,16). The molecule has 1 rings (SSSR count). The molecule has 0 aliphatic carbocycles. The van der Waals surface area contributed by atoms with Crippen molar-refractivity contribution in [1.29, 1.82) is 0 Å². The van der Waals surface area contributed by atoms with Crippen molar-refractivity contribution in [2.45, 2.75) is 26.2 Å². The van der Waals surface area contributed by atoms with Gasteiger partial charge in [-0.1, -0.05) is 31.2 Å². The van der Waals surface area contributed by atoms with Crippen LogP contribution in [-0.4, -0.2) is 5.91 Å². The molecule has 4 heteroatoms. The molecule has 0 aromatic heterocycles. The van der Waals surface area contributed by atoms with Crippen molar-refractivity contribution in [3.63, 3.8) is 0 Å². The Bertz CT molecular complexity index is 368. The maximum absolute atomic E-state index is 12.9.